The van der Waals surface area contributed by atoms with Crippen LogP contribution >= 0.6 is 0 Å². The van der Waals surface area contributed by atoms with Crippen LogP contribution in [0.3, 0.4) is 0 Å². The summed E-state index contributed by atoms with van der Waals surface area (Å²) in [5.41, 5.74) is 0. The number of carboxylic acids is 1. The quantitative estimate of drug-likeness (QED) is 0.785. The third-order valence-electron chi connectivity index (χ3n) is 2.95. The van der Waals surface area contributed by atoms with Crippen molar-refractivity contribution in [3.63, 3.8) is 0 Å². The molecule has 17 heavy (non-hydrogen) atoms. The van der Waals surface area contributed by atoms with Crippen molar-refractivity contribution in [2.45, 2.75) is 26.3 Å². The maximum Gasteiger partial charge on any atom is 0.409 e. The number of piperazine rings is 1. The van der Waals surface area contributed by atoms with Crippen LogP contribution in [0.5, 0.6) is 0 Å². The number of nitrogens with zero attached hydrogens (tertiary/aromatic N) is 2. The Balaban J connectivity index is 2.44. The third-order valence-corrected chi connectivity index (χ3v) is 2.95. The molecule has 1 aliphatic heterocycles. The van der Waals surface area contributed by atoms with E-state index in [0.29, 0.717) is 39.2 Å². The fraction of sp³-hybridized carbons (Fsp3) is 0.818. The van der Waals surface area contributed by atoms with Gasteiger partial charge in [-0.25, -0.2) is 4.79 Å². The summed E-state index contributed by atoms with van der Waals surface area (Å²) in [6.45, 7) is 6.23. The Labute approximate surface area is 101 Å². The molecule has 1 unspecified atom stereocenters. The third kappa shape index (κ3) is 3.59. The molecule has 98 valence electrons. The average molecular weight is 244 g/mol. The molecule has 1 amide bonds. The van der Waals surface area contributed by atoms with Crippen LogP contribution in [0.4, 0.5) is 4.79 Å². The number of carbonyl (C=O) groups is 2. The summed E-state index contributed by atoms with van der Waals surface area (Å²) < 4.78 is 4.90. The van der Waals surface area contributed by atoms with Gasteiger partial charge in [-0.1, -0.05) is 6.92 Å². The van der Waals surface area contributed by atoms with Crippen LogP contribution in [0.2, 0.25) is 0 Å². The monoisotopic (exact) mass is 244 g/mol. The van der Waals surface area contributed by atoms with Gasteiger partial charge in [0.25, 0.3) is 0 Å². The molecule has 0 bridgehead atoms. The van der Waals surface area contributed by atoms with E-state index in [1.165, 1.54) is 0 Å². The Morgan fingerprint density at radius 1 is 1.24 bits per heavy atom. The maximum atomic E-state index is 11.4. The number of rotatable bonds is 4. The lowest BCUT2D eigenvalue weighted by Crippen LogP contribution is -2.53. The van der Waals surface area contributed by atoms with E-state index in [0.717, 1.165) is 0 Å². The van der Waals surface area contributed by atoms with Crippen LogP contribution in [0.1, 0.15) is 20.3 Å². The van der Waals surface area contributed by atoms with Gasteiger partial charge in [0.05, 0.1) is 6.61 Å². The summed E-state index contributed by atoms with van der Waals surface area (Å²) in [7, 11) is 0. The van der Waals surface area contributed by atoms with Crippen molar-refractivity contribution in [2.75, 3.05) is 32.8 Å². The van der Waals surface area contributed by atoms with Crippen LogP contribution in [-0.2, 0) is 9.53 Å². The normalized spacial score (nSPS) is 18.8. The number of amides is 1. The number of carboxylic acid groups (broad SMARTS) is 1. The summed E-state index contributed by atoms with van der Waals surface area (Å²) in [5, 5.41) is 9.04. The van der Waals surface area contributed by atoms with Gasteiger partial charge >= 0.3 is 12.1 Å². The molecule has 1 fully saturated rings. The Morgan fingerprint density at radius 2 is 1.82 bits per heavy atom. The van der Waals surface area contributed by atoms with Crippen LogP contribution in [0, 0.1) is 0 Å². The minimum atomic E-state index is -0.794. The Hall–Kier alpha value is -1.30. The summed E-state index contributed by atoms with van der Waals surface area (Å²) in [6, 6.07) is -0.445. The molecular weight excluding hydrogens is 224 g/mol. The first-order valence-electron chi connectivity index (χ1n) is 5.98. The molecule has 0 radical (unpaired) electrons. The average Bonchev–Trinajstić information content (AvgIpc) is 2.30. The SMILES string of the molecule is CCOC(=O)N1CCN(C(CC)C(=O)O)CC1. The van der Waals surface area contributed by atoms with E-state index in [1.54, 1.807) is 11.8 Å². The fourth-order valence-electron chi connectivity index (χ4n) is 2.02. The zero-order valence-electron chi connectivity index (χ0n) is 10.4. The van der Waals surface area contributed by atoms with Crippen molar-refractivity contribution in [1.82, 2.24) is 9.80 Å². The lowest BCUT2D eigenvalue weighted by molar-refractivity contribution is -0.144. The van der Waals surface area contributed by atoms with Crippen molar-refractivity contribution >= 4 is 12.1 Å². The molecule has 1 N–H and O–H groups in total. The van der Waals surface area contributed by atoms with Gasteiger partial charge in [-0.2, -0.15) is 0 Å². The highest BCUT2D eigenvalue weighted by Crippen LogP contribution is 2.10. The second kappa shape index (κ2) is 6.44. The molecule has 6 heteroatoms. The smallest absolute Gasteiger partial charge is 0.409 e. The Morgan fingerprint density at radius 3 is 2.24 bits per heavy atom. The topological polar surface area (TPSA) is 70.1 Å². The Kier molecular flexibility index (Phi) is 5.21. The van der Waals surface area contributed by atoms with Crippen LogP contribution in [0.25, 0.3) is 0 Å². The number of carbonyl (C=O) groups excluding carboxylic acids is 1. The predicted octanol–water partition coefficient (Wildman–Crippen LogP) is 0.624. The molecule has 1 heterocycles. The van der Waals surface area contributed by atoms with Crippen molar-refractivity contribution in [1.29, 1.82) is 0 Å². The van der Waals surface area contributed by atoms with Crippen LogP contribution in [0.15, 0.2) is 0 Å². The van der Waals surface area contributed by atoms with E-state index < -0.39 is 12.0 Å². The highest BCUT2D eigenvalue weighted by molar-refractivity contribution is 5.73. The number of hydrogen-bond acceptors (Lipinski definition) is 4. The summed E-state index contributed by atoms with van der Waals surface area (Å²) in [6.07, 6.45) is 0.268. The zero-order valence-corrected chi connectivity index (χ0v) is 10.4. The standard InChI is InChI=1S/C11H20N2O4/c1-3-9(10(14)15)12-5-7-13(8-6-12)11(16)17-4-2/h9H,3-8H2,1-2H3,(H,14,15). The number of ether oxygens (including phenoxy) is 1. The summed E-state index contributed by atoms with van der Waals surface area (Å²) in [4.78, 5) is 26.0. The van der Waals surface area contributed by atoms with E-state index >= 15 is 0 Å². The lowest BCUT2D eigenvalue weighted by atomic mass is 10.1. The first-order chi connectivity index (χ1) is 8.10. The molecular formula is C11H20N2O4. The predicted molar refractivity (Wildman–Crippen MR) is 61.9 cm³/mol. The maximum absolute atomic E-state index is 11.4. The number of hydrogen-bond donors (Lipinski definition) is 1. The van der Waals surface area contributed by atoms with Crippen molar-refractivity contribution < 1.29 is 19.4 Å². The molecule has 1 atom stereocenters. The highest BCUT2D eigenvalue weighted by atomic mass is 16.6. The molecule has 0 spiro atoms. The summed E-state index contributed by atoms with van der Waals surface area (Å²) >= 11 is 0. The van der Waals surface area contributed by atoms with Gasteiger partial charge in [0.1, 0.15) is 6.04 Å². The second-order valence-corrected chi connectivity index (χ2v) is 3.98. The van der Waals surface area contributed by atoms with Gasteiger partial charge in [-0.3, -0.25) is 9.69 Å². The van der Waals surface area contributed by atoms with Crippen molar-refractivity contribution in [2.24, 2.45) is 0 Å². The molecule has 0 aromatic rings. The van der Waals surface area contributed by atoms with Crippen LogP contribution < -0.4 is 0 Å². The number of aliphatic carboxylic acids is 1. The highest BCUT2D eigenvalue weighted by Gasteiger charge is 2.29. The first-order valence-corrected chi connectivity index (χ1v) is 5.98. The minimum absolute atomic E-state index is 0.310. The fourth-order valence-corrected chi connectivity index (χ4v) is 2.02. The van der Waals surface area contributed by atoms with Gasteiger partial charge in [-0.15, -0.1) is 0 Å². The molecule has 6 nitrogen and oxygen atoms in total. The van der Waals surface area contributed by atoms with Gasteiger partial charge in [0.15, 0.2) is 0 Å². The minimum Gasteiger partial charge on any atom is -0.480 e. The Bertz CT molecular complexity index is 275. The van der Waals surface area contributed by atoms with E-state index in [9.17, 15) is 9.59 Å². The summed E-state index contributed by atoms with van der Waals surface area (Å²) in [5.74, 6) is -0.794. The van der Waals surface area contributed by atoms with Crippen LogP contribution in [-0.4, -0.2) is 65.8 Å². The molecule has 1 saturated heterocycles. The first kappa shape index (κ1) is 13.8. The van der Waals surface area contributed by atoms with E-state index in [1.807, 2.05) is 11.8 Å². The zero-order chi connectivity index (χ0) is 12.8. The molecule has 1 rings (SSSR count). The van der Waals surface area contributed by atoms with Crippen molar-refractivity contribution in [3.8, 4) is 0 Å². The van der Waals surface area contributed by atoms with Gasteiger partial charge in [0, 0.05) is 26.2 Å². The van der Waals surface area contributed by atoms with Gasteiger partial charge in [0.2, 0.25) is 0 Å². The van der Waals surface area contributed by atoms with E-state index in [2.05, 4.69) is 0 Å². The molecule has 0 aliphatic carbocycles. The molecule has 0 aromatic carbocycles. The van der Waals surface area contributed by atoms with Crippen molar-refractivity contribution in [3.05, 3.63) is 0 Å². The van der Waals surface area contributed by atoms with E-state index in [-0.39, 0.29) is 6.09 Å². The molecule has 0 aromatic heterocycles. The largest absolute Gasteiger partial charge is 0.480 e. The molecule has 1 aliphatic rings. The second-order valence-electron chi connectivity index (χ2n) is 3.98. The molecule has 0 saturated carbocycles. The van der Waals surface area contributed by atoms with E-state index in [4.69, 9.17) is 9.84 Å². The van der Waals surface area contributed by atoms with Gasteiger partial charge < -0.3 is 14.7 Å². The van der Waals surface area contributed by atoms with Gasteiger partial charge in [-0.05, 0) is 13.3 Å². The lowest BCUT2D eigenvalue weighted by Gasteiger charge is -2.36.